The van der Waals surface area contributed by atoms with E-state index in [0.717, 1.165) is 36.8 Å². The maximum Gasteiger partial charge on any atom is 0.193 e. The van der Waals surface area contributed by atoms with Crippen molar-refractivity contribution in [2.75, 3.05) is 33.8 Å². The number of guanidine groups is 1. The number of aliphatic imine (C=N–C) groups is 1. The Labute approximate surface area is 154 Å². The van der Waals surface area contributed by atoms with E-state index in [-0.39, 0.29) is 5.82 Å². The number of nitrogens with zero attached hydrogens (tertiary/aromatic N) is 2. The number of hydrogen-bond donors (Lipinski definition) is 1. The van der Waals surface area contributed by atoms with Gasteiger partial charge in [0, 0.05) is 32.6 Å². The second kappa shape index (κ2) is 8.70. The van der Waals surface area contributed by atoms with Gasteiger partial charge in [0.15, 0.2) is 5.96 Å². The lowest BCUT2D eigenvalue weighted by Gasteiger charge is -2.22. The van der Waals surface area contributed by atoms with Crippen molar-refractivity contribution in [3.63, 3.8) is 0 Å². The summed E-state index contributed by atoms with van der Waals surface area (Å²) in [5.74, 6) is 2.11. The van der Waals surface area contributed by atoms with Gasteiger partial charge in [0.25, 0.3) is 0 Å². The van der Waals surface area contributed by atoms with Crippen molar-refractivity contribution in [1.29, 1.82) is 0 Å². The summed E-state index contributed by atoms with van der Waals surface area (Å²) >= 11 is 0. The van der Waals surface area contributed by atoms with Crippen LogP contribution in [-0.4, -0.2) is 44.7 Å². The number of likely N-dealkylation sites (tertiary alicyclic amines) is 1. The molecule has 1 aliphatic heterocycles. The highest BCUT2D eigenvalue weighted by atomic mass is 19.1. The first-order valence-electron chi connectivity index (χ1n) is 9.04. The Balaban J connectivity index is 1.53. The topological polar surface area (TPSA) is 36.9 Å². The molecular formula is C21H26FN3O. The van der Waals surface area contributed by atoms with Gasteiger partial charge >= 0.3 is 0 Å². The highest BCUT2D eigenvalue weighted by Crippen LogP contribution is 2.28. The average molecular weight is 355 g/mol. The monoisotopic (exact) mass is 355 g/mol. The zero-order valence-electron chi connectivity index (χ0n) is 15.4. The summed E-state index contributed by atoms with van der Waals surface area (Å²) < 4.78 is 18.9. The van der Waals surface area contributed by atoms with Gasteiger partial charge in [-0.3, -0.25) is 4.99 Å². The normalized spacial score (nSPS) is 17.4. The second-order valence-electron chi connectivity index (χ2n) is 6.52. The Hall–Kier alpha value is -2.56. The minimum Gasteiger partial charge on any atom is -0.497 e. The first-order valence-corrected chi connectivity index (χ1v) is 9.04. The first-order chi connectivity index (χ1) is 12.7. The quantitative estimate of drug-likeness (QED) is 0.659. The summed E-state index contributed by atoms with van der Waals surface area (Å²) in [5.41, 5.74) is 2.06. The highest BCUT2D eigenvalue weighted by molar-refractivity contribution is 5.80. The molecule has 2 aromatic carbocycles. The van der Waals surface area contributed by atoms with E-state index in [9.17, 15) is 4.39 Å². The molecule has 1 heterocycles. The van der Waals surface area contributed by atoms with Crippen LogP contribution in [0.4, 0.5) is 4.39 Å². The van der Waals surface area contributed by atoms with Gasteiger partial charge in [0.1, 0.15) is 11.6 Å². The lowest BCUT2D eigenvalue weighted by atomic mass is 9.98. The van der Waals surface area contributed by atoms with E-state index >= 15 is 0 Å². The van der Waals surface area contributed by atoms with Crippen molar-refractivity contribution in [2.45, 2.75) is 18.8 Å². The Morgan fingerprint density at radius 1 is 1.23 bits per heavy atom. The SMILES string of the molecule is CN=C(NCCc1ccccc1F)N1CCC(c2ccc(OC)cc2)C1. The molecule has 3 rings (SSSR count). The molecule has 138 valence electrons. The molecule has 1 aliphatic rings. The largest absolute Gasteiger partial charge is 0.497 e. The van der Waals surface area contributed by atoms with Gasteiger partial charge in [-0.2, -0.15) is 0 Å². The third kappa shape index (κ3) is 4.34. The van der Waals surface area contributed by atoms with Crippen LogP contribution in [0.25, 0.3) is 0 Å². The summed E-state index contributed by atoms with van der Waals surface area (Å²) in [5, 5.41) is 3.37. The maximum atomic E-state index is 13.7. The number of halogens is 1. The van der Waals surface area contributed by atoms with Crippen LogP contribution in [-0.2, 0) is 6.42 Å². The van der Waals surface area contributed by atoms with E-state index in [1.165, 1.54) is 11.6 Å². The Kier molecular flexibility index (Phi) is 6.10. The molecular weight excluding hydrogens is 329 g/mol. The zero-order valence-corrected chi connectivity index (χ0v) is 15.4. The van der Waals surface area contributed by atoms with Gasteiger partial charge in [0.05, 0.1) is 7.11 Å². The Morgan fingerprint density at radius 3 is 2.69 bits per heavy atom. The van der Waals surface area contributed by atoms with E-state index in [4.69, 9.17) is 4.74 Å². The fourth-order valence-corrected chi connectivity index (χ4v) is 3.44. The van der Waals surface area contributed by atoms with Gasteiger partial charge in [-0.1, -0.05) is 30.3 Å². The fourth-order valence-electron chi connectivity index (χ4n) is 3.44. The van der Waals surface area contributed by atoms with Gasteiger partial charge in [-0.25, -0.2) is 4.39 Å². The standard InChI is InChI=1S/C21H26FN3O/c1-23-21(24-13-11-17-5-3-4-6-20(17)22)25-14-12-18(15-25)16-7-9-19(26-2)10-8-16/h3-10,18H,11-15H2,1-2H3,(H,23,24). The van der Waals surface area contributed by atoms with Crippen LogP contribution < -0.4 is 10.1 Å². The average Bonchev–Trinajstić information content (AvgIpc) is 3.16. The van der Waals surface area contributed by atoms with E-state index in [1.54, 1.807) is 20.2 Å². The molecule has 26 heavy (non-hydrogen) atoms. The van der Waals surface area contributed by atoms with Gasteiger partial charge < -0.3 is 15.0 Å². The fraction of sp³-hybridized carbons (Fsp3) is 0.381. The van der Waals surface area contributed by atoms with Crippen LogP contribution in [0.3, 0.4) is 0 Å². The van der Waals surface area contributed by atoms with Crippen molar-refractivity contribution in [1.82, 2.24) is 10.2 Å². The molecule has 5 heteroatoms. The molecule has 1 N–H and O–H groups in total. The number of methoxy groups -OCH3 is 1. The van der Waals surface area contributed by atoms with Gasteiger partial charge in [-0.15, -0.1) is 0 Å². The van der Waals surface area contributed by atoms with Crippen molar-refractivity contribution in [3.05, 3.63) is 65.5 Å². The molecule has 0 bridgehead atoms. The van der Waals surface area contributed by atoms with E-state index in [1.807, 2.05) is 24.3 Å². The Bertz CT molecular complexity index is 745. The van der Waals surface area contributed by atoms with Crippen molar-refractivity contribution >= 4 is 5.96 Å². The molecule has 0 saturated carbocycles. The third-order valence-electron chi connectivity index (χ3n) is 4.92. The van der Waals surface area contributed by atoms with Crippen molar-refractivity contribution in [2.24, 2.45) is 4.99 Å². The summed E-state index contributed by atoms with van der Waals surface area (Å²) in [6, 6.07) is 15.2. The van der Waals surface area contributed by atoms with E-state index in [2.05, 4.69) is 27.3 Å². The minimum atomic E-state index is -0.148. The third-order valence-corrected chi connectivity index (χ3v) is 4.92. The predicted molar refractivity (Wildman–Crippen MR) is 103 cm³/mol. The van der Waals surface area contributed by atoms with Crippen LogP contribution in [0.1, 0.15) is 23.5 Å². The minimum absolute atomic E-state index is 0.148. The van der Waals surface area contributed by atoms with Gasteiger partial charge in [0.2, 0.25) is 0 Å². The number of ether oxygens (including phenoxy) is 1. The molecule has 0 radical (unpaired) electrons. The molecule has 0 aliphatic carbocycles. The van der Waals surface area contributed by atoms with Crippen LogP contribution in [0.2, 0.25) is 0 Å². The molecule has 1 atom stereocenters. The zero-order chi connectivity index (χ0) is 18.4. The second-order valence-corrected chi connectivity index (χ2v) is 6.52. The summed E-state index contributed by atoms with van der Waals surface area (Å²) in [7, 11) is 3.48. The molecule has 1 saturated heterocycles. The predicted octanol–water partition coefficient (Wildman–Crippen LogP) is 3.44. The number of nitrogens with one attached hydrogen (secondary N) is 1. The van der Waals surface area contributed by atoms with Crippen LogP contribution in [0.15, 0.2) is 53.5 Å². The Morgan fingerprint density at radius 2 is 2.00 bits per heavy atom. The number of hydrogen-bond acceptors (Lipinski definition) is 2. The van der Waals surface area contributed by atoms with E-state index < -0.39 is 0 Å². The maximum absolute atomic E-state index is 13.7. The van der Waals surface area contributed by atoms with Crippen LogP contribution in [0.5, 0.6) is 5.75 Å². The highest BCUT2D eigenvalue weighted by Gasteiger charge is 2.26. The molecule has 1 unspecified atom stereocenters. The summed E-state index contributed by atoms with van der Waals surface area (Å²) in [4.78, 5) is 6.67. The first kappa shape index (κ1) is 18.2. The lowest BCUT2D eigenvalue weighted by Crippen LogP contribution is -2.40. The number of benzene rings is 2. The summed E-state index contributed by atoms with van der Waals surface area (Å²) in [6.45, 7) is 2.57. The van der Waals surface area contributed by atoms with Crippen LogP contribution >= 0.6 is 0 Å². The smallest absolute Gasteiger partial charge is 0.193 e. The molecule has 0 aromatic heterocycles. The lowest BCUT2D eigenvalue weighted by molar-refractivity contribution is 0.414. The molecule has 1 fully saturated rings. The van der Waals surface area contributed by atoms with Crippen molar-refractivity contribution < 1.29 is 9.13 Å². The number of rotatable bonds is 5. The summed E-state index contributed by atoms with van der Waals surface area (Å²) in [6.07, 6.45) is 1.74. The molecule has 4 nitrogen and oxygen atoms in total. The van der Waals surface area contributed by atoms with E-state index in [0.29, 0.717) is 18.9 Å². The molecule has 2 aromatic rings. The molecule has 0 spiro atoms. The molecule has 0 amide bonds. The van der Waals surface area contributed by atoms with Gasteiger partial charge in [-0.05, 0) is 42.2 Å². The van der Waals surface area contributed by atoms with Crippen LogP contribution in [0, 0.1) is 5.82 Å². The van der Waals surface area contributed by atoms with Crippen molar-refractivity contribution in [3.8, 4) is 5.75 Å².